The van der Waals surface area contributed by atoms with Crippen LogP contribution in [-0.2, 0) is 9.53 Å². The molecule has 0 aliphatic carbocycles. The Morgan fingerprint density at radius 2 is 2.08 bits per heavy atom. The first kappa shape index (κ1) is 16.5. The SMILES string of the molecule is CCOC(=O)C1=CN2c3ccccc3OC2C[C@H]1c1cccc(OC)c1. The summed E-state index contributed by atoms with van der Waals surface area (Å²) in [7, 11) is 1.64. The molecule has 2 aromatic rings. The van der Waals surface area contributed by atoms with E-state index in [9.17, 15) is 4.79 Å². The highest BCUT2D eigenvalue weighted by Gasteiger charge is 2.40. The third-order valence-corrected chi connectivity index (χ3v) is 4.81. The number of fused-ring (bicyclic) bond motifs is 3. The molecule has 0 spiro atoms. The summed E-state index contributed by atoms with van der Waals surface area (Å²) in [4.78, 5) is 14.7. The molecule has 0 bridgehead atoms. The van der Waals surface area contributed by atoms with Crippen molar-refractivity contribution < 1.29 is 19.0 Å². The topological polar surface area (TPSA) is 48.0 Å². The van der Waals surface area contributed by atoms with Crippen molar-refractivity contribution in [1.29, 1.82) is 0 Å². The van der Waals surface area contributed by atoms with Gasteiger partial charge in [0, 0.05) is 18.5 Å². The van der Waals surface area contributed by atoms with Crippen molar-refractivity contribution in [2.75, 3.05) is 18.6 Å². The molecule has 26 heavy (non-hydrogen) atoms. The molecule has 2 atom stereocenters. The molecule has 0 fully saturated rings. The molecule has 2 aliphatic rings. The van der Waals surface area contributed by atoms with Crippen LogP contribution in [0.3, 0.4) is 0 Å². The summed E-state index contributed by atoms with van der Waals surface area (Å²) in [5.41, 5.74) is 2.63. The van der Waals surface area contributed by atoms with E-state index in [4.69, 9.17) is 14.2 Å². The van der Waals surface area contributed by atoms with Crippen LogP contribution in [0.25, 0.3) is 0 Å². The zero-order valence-electron chi connectivity index (χ0n) is 14.8. The van der Waals surface area contributed by atoms with Crippen LogP contribution < -0.4 is 14.4 Å². The number of nitrogens with zero attached hydrogens (tertiary/aromatic N) is 1. The lowest BCUT2D eigenvalue weighted by atomic mass is 9.85. The van der Waals surface area contributed by atoms with Gasteiger partial charge in [-0.25, -0.2) is 4.79 Å². The average Bonchev–Trinajstić information content (AvgIpc) is 3.05. The van der Waals surface area contributed by atoms with Crippen molar-refractivity contribution in [3.8, 4) is 11.5 Å². The quantitative estimate of drug-likeness (QED) is 0.783. The summed E-state index contributed by atoms with van der Waals surface area (Å²) in [6, 6.07) is 15.7. The third-order valence-electron chi connectivity index (χ3n) is 4.81. The van der Waals surface area contributed by atoms with E-state index in [1.807, 2.05) is 66.6 Å². The van der Waals surface area contributed by atoms with E-state index in [-0.39, 0.29) is 18.1 Å². The standard InChI is InChI=1S/C21H21NO4/c1-3-25-21(23)17-13-22-18-9-4-5-10-19(18)26-20(22)12-16(17)14-7-6-8-15(11-14)24-2/h4-11,13,16,20H,3,12H2,1-2H3/t16-,20?/m0/s1. The molecule has 0 radical (unpaired) electrons. The maximum atomic E-state index is 12.6. The van der Waals surface area contributed by atoms with Crippen LogP contribution in [-0.4, -0.2) is 25.9 Å². The molecule has 0 aromatic heterocycles. The summed E-state index contributed by atoms with van der Waals surface area (Å²) in [6.07, 6.45) is 2.40. The first-order valence-electron chi connectivity index (χ1n) is 8.78. The molecule has 4 rings (SSSR count). The Morgan fingerprint density at radius 1 is 1.23 bits per heavy atom. The van der Waals surface area contributed by atoms with Gasteiger partial charge in [-0.15, -0.1) is 0 Å². The van der Waals surface area contributed by atoms with Gasteiger partial charge in [0.2, 0.25) is 0 Å². The van der Waals surface area contributed by atoms with Gasteiger partial charge in [-0.2, -0.15) is 0 Å². The molecule has 2 heterocycles. The largest absolute Gasteiger partial charge is 0.497 e. The van der Waals surface area contributed by atoms with Crippen molar-refractivity contribution in [2.24, 2.45) is 0 Å². The maximum absolute atomic E-state index is 12.6. The van der Waals surface area contributed by atoms with Gasteiger partial charge in [0.1, 0.15) is 11.5 Å². The van der Waals surface area contributed by atoms with Crippen molar-refractivity contribution in [2.45, 2.75) is 25.5 Å². The zero-order valence-corrected chi connectivity index (χ0v) is 14.8. The number of ether oxygens (including phenoxy) is 3. The van der Waals surface area contributed by atoms with Gasteiger partial charge < -0.3 is 19.1 Å². The molecule has 5 heteroatoms. The van der Waals surface area contributed by atoms with Gasteiger partial charge in [-0.1, -0.05) is 24.3 Å². The summed E-state index contributed by atoms with van der Waals surface area (Å²) >= 11 is 0. The Balaban J connectivity index is 1.75. The number of hydrogen-bond donors (Lipinski definition) is 0. The van der Waals surface area contributed by atoms with Crippen LogP contribution in [0.5, 0.6) is 11.5 Å². The molecular weight excluding hydrogens is 330 g/mol. The van der Waals surface area contributed by atoms with Crippen molar-refractivity contribution in [3.05, 3.63) is 65.9 Å². The minimum absolute atomic E-state index is 0.111. The fourth-order valence-corrected chi connectivity index (χ4v) is 3.59. The summed E-state index contributed by atoms with van der Waals surface area (Å²) in [6.45, 7) is 2.16. The monoisotopic (exact) mass is 351 g/mol. The molecule has 134 valence electrons. The molecule has 0 saturated heterocycles. The van der Waals surface area contributed by atoms with E-state index in [1.165, 1.54) is 0 Å². The second-order valence-corrected chi connectivity index (χ2v) is 6.32. The number of carbonyl (C=O) groups is 1. The van der Waals surface area contributed by atoms with E-state index >= 15 is 0 Å². The van der Waals surface area contributed by atoms with E-state index < -0.39 is 0 Å². The van der Waals surface area contributed by atoms with Crippen LogP contribution >= 0.6 is 0 Å². The summed E-state index contributed by atoms with van der Waals surface area (Å²) in [5, 5.41) is 0. The van der Waals surface area contributed by atoms with E-state index in [1.54, 1.807) is 7.11 Å². The predicted octanol–water partition coefficient (Wildman–Crippen LogP) is 3.85. The summed E-state index contributed by atoms with van der Waals surface area (Å²) < 4.78 is 16.8. The number of benzene rings is 2. The molecule has 5 nitrogen and oxygen atoms in total. The highest BCUT2D eigenvalue weighted by molar-refractivity contribution is 5.91. The molecule has 0 N–H and O–H groups in total. The number of rotatable bonds is 4. The average molecular weight is 351 g/mol. The lowest BCUT2D eigenvalue weighted by Gasteiger charge is -2.33. The fraction of sp³-hybridized carbons (Fsp3) is 0.286. The predicted molar refractivity (Wildman–Crippen MR) is 98.4 cm³/mol. The van der Waals surface area contributed by atoms with Crippen LogP contribution in [0.15, 0.2) is 60.3 Å². The number of methoxy groups -OCH3 is 1. The lowest BCUT2D eigenvalue weighted by molar-refractivity contribution is -0.139. The van der Waals surface area contributed by atoms with E-state index in [0.717, 1.165) is 22.7 Å². The molecule has 1 unspecified atom stereocenters. The Labute approximate surface area is 152 Å². The smallest absolute Gasteiger partial charge is 0.336 e. The number of para-hydroxylation sites is 2. The van der Waals surface area contributed by atoms with Crippen LogP contribution in [0.2, 0.25) is 0 Å². The van der Waals surface area contributed by atoms with Gasteiger partial charge in [-0.3, -0.25) is 0 Å². The minimum Gasteiger partial charge on any atom is -0.497 e. The normalized spacial score (nSPS) is 20.5. The first-order chi connectivity index (χ1) is 12.7. The minimum atomic E-state index is -0.289. The third kappa shape index (κ3) is 2.79. The van der Waals surface area contributed by atoms with Crippen LogP contribution in [0, 0.1) is 0 Å². The fourth-order valence-electron chi connectivity index (χ4n) is 3.59. The van der Waals surface area contributed by atoms with Gasteiger partial charge in [0.25, 0.3) is 0 Å². The number of hydrogen-bond acceptors (Lipinski definition) is 5. The summed E-state index contributed by atoms with van der Waals surface area (Å²) in [5.74, 6) is 1.20. The van der Waals surface area contributed by atoms with Gasteiger partial charge >= 0.3 is 5.97 Å². The van der Waals surface area contributed by atoms with Gasteiger partial charge in [0.15, 0.2) is 6.23 Å². The molecule has 2 aromatic carbocycles. The van der Waals surface area contributed by atoms with Gasteiger partial charge in [0.05, 0.1) is 25.0 Å². The highest BCUT2D eigenvalue weighted by Crippen LogP contribution is 2.45. The van der Waals surface area contributed by atoms with Crippen molar-refractivity contribution >= 4 is 11.7 Å². The Bertz CT molecular complexity index is 861. The number of anilines is 1. The second kappa shape index (κ2) is 6.75. The highest BCUT2D eigenvalue weighted by atomic mass is 16.5. The Kier molecular flexibility index (Phi) is 4.29. The van der Waals surface area contributed by atoms with Crippen LogP contribution in [0.4, 0.5) is 5.69 Å². The first-order valence-corrected chi connectivity index (χ1v) is 8.78. The molecular formula is C21H21NO4. The van der Waals surface area contributed by atoms with Gasteiger partial charge in [-0.05, 0) is 36.8 Å². The molecule has 2 aliphatic heterocycles. The van der Waals surface area contributed by atoms with Crippen molar-refractivity contribution in [1.82, 2.24) is 0 Å². The Hall–Kier alpha value is -2.95. The second-order valence-electron chi connectivity index (χ2n) is 6.32. The number of esters is 1. The molecule has 0 saturated carbocycles. The van der Waals surface area contributed by atoms with Crippen LogP contribution in [0.1, 0.15) is 24.8 Å². The Morgan fingerprint density at radius 3 is 2.88 bits per heavy atom. The van der Waals surface area contributed by atoms with E-state index in [0.29, 0.717) is 18.6 Å². The van der Waals surface area contributed by atoms with E-state index in [2.05, 4.69) is 0 Å². The lowest BCUT2D eigenvalue weighted by Crippen LogP contribution is -2.38. The zero-order chi connectivity index (χ0) is 18.1. The van der Waals surface area contributed by atoms with Crippen molar-refractivity contribution in [3.63, 3.8) is 0 Å². The number of carbonyl (C=O) groups excluding carboxylic acids is 1. The maximum Gasteiger partial charge on any atom is 0.336 e. The molecule has 0 amide bonds.